The molecule has 0 saturated heterocycles. The summed E-state index contributed by atoms with van der Waals surface area (Å²) < 4.78 is 42.6. The van der Waals surface area contributed by atoms with Crippen molar-refractivity contribution in [1.82, 2.24) is 0 Å². The molecule has 1 nitrogen and oxygen atoms in total. The minimum atomic E-state index is -2.72. The van der Waals surface area contributed by atoms with Gasteiger partial charge in [-0.2, -0.15) is 0 Å². The van der Waals surface area contributed by atoms with Crippen LogP contribution in [0, 0.1) is 5.82 Å². The standard InChI is InChI=1S/C10H11F3O/c1-6(2)14-9-4-3-7(11)5-8(9)10(12)13/h3-6,10H,1-2H3. The van der Waals surface area contributed by atoms with Crippen LogP contribution in [0.15, 0.2) is 18.2 Å². The molecule has 78 valence electrons. The lowest BCUT2D eigenvalue weighted by molar-refractivity contribution is 0.140. The maximum atomic E-state index is 12.7. The Morgan fingerprint density at radius 2 is 1.86 bits per heavy atom. The number of hydrogen-bond acceptors (Lipinski definition) is 1. The van der Waals surface area contributed by atoms with E-state index < -0.39 is 17.8 Å². The summed E-state index contributed by atoms with van der Waals surface area (Å²) in [6, 6.07) is 3.11. The molecule has 0 spiro atoms. The van der Waals surface area contributed by atoms with Gasteiger partial charge in [-0.1, -0.05) is 0 Å². The van der Waals surface area contributed by atoms with Gasteiger partial charge in [-0.25, -0.2) is 13.2 Å². The molecule has 0 heterocycles. The quantitative estimate of drug-likeness (QED) is 0.731. The fourth-order valence-electron chi connectivity index (χ4n) is 1.05. The summed E-state index contributed by atoms with van der Waals surface area (Å²) in [5.41, 5.74) is -0.404. The summed E-state index contributed by atoms with van der Waals surface area (Å²) in [7, 11) is 0. The van der Waals surface area contributed by atoms with Gasteiger partial charge in [0, 0.05) is 0 Å². The van der Waals surface area contributed by atoms with E-state index in [4.69, 9.17) is 4.74 Å². The van der Waals surface area contributed by atoms with Crippen molar-refractivity contribution in [2.45, 2.75) is 26.4 Å². The molecule has 0 fully saturated rings. The summed E-state index contributed by atoms with van der Waals surface area (Å²) >= 11 is 0. The van der Waals surface area contributed by atoms with Crippen LogP contribution >= 0.6 is 0 Å². The van der Waals surface area contributed by atoms with Crippen molar-refractivity contribution in [3.63, 3.8) is 0 Å². The third-order valence-corrected chi connectivity index (χ3v) is 1.57. The van der Waals surface area contributed by atoms with Crippen molar-refractivity contribution in [2.75, 3.05) is 0 Å². The van der Waals surface area contributed by atoms with E-state index in [0.29, 0.717) is 0 Å². The van der Waals surface area contributed by atoms with Gasteiger partial charge in [-0.15, -0.1) is 0 Å². The number of rotatable bonds is 3. The second kappa shape index (κ2) is 4.35. The number of ether oxygens (including phenoxy) is 1. The summed E-state index contributed by atoms with van der Waals surface area (Å²) in [5.74, 6) is -0.646. The maximum Gasteiger partial charge on any atom is 0.267 e. The Balaban J connectivity index is 3.02. The van der Waals surface area contributed by atoms with Crippen molar-refractivity contribution < 1.29 is 17.9 Å². The van der Waals surface area contributed by atoms with Crippen LogP contribution in [0.2, 0.25) is 0 Å². The highest BCUT2D eigenvalue weighted by atomic mass is 19.3. The van der Waals surface area contributed by atoms with Crippen molar-refractivity contribution in [3.8, 4) is 5.75 Å². The van der Waals surface area contributed by atoms with Crippen LogP contribution in [-0.2, 0) is 0 Å². The van der Waals surface area contributed by atoms with Crippen molar-refractivity contribution in [3.05, 3.63) is 29.6 Å². The molecule has 4 heteroatoms. The van der Waals surface area contributed by atoms with Crippen LogP contribution < -0.4 is 4.74 Å². The molecule has 0 N–H and O–H groups in total. The lowest BCUT2D eigenvalue weighted by atomic mass is 10.2. The van der Waals surface area contributed by atoms with Crippen LogP contribution in [0.5, 0.6) is 5.75 Å². The molecule has 0 unspecified atom stereocenters. The molecule has 1 rings (SSSR count). The Bertz CT molecular complexity index is 310. The second-order valence-electron chi connectivity index (χ2n) is 3.15. The average Bonchev–Trinajstić information content (AvgIpc) is 2.07. The molecule has 0 radical (unpaired) electrons. The Morgan fingerprint density at radius 3 is 2.36 bits per heavy atom. The van der Waals surface area contributed by atoms with Crippen LogP contribution in [0.3, 0.4) is 0 Å². The SMILES string of the molecule is CC(C)Oc1ccc(F)cc1C(F)F. The van der Waals surface area contributed by atoms with E-state index >= 15 is 0 Å². The van der Waals surface area contributed by atoms with E-state index in [1.165, 1.54) is 6.07 Å². The Kier molecular flexibility index (Phi) is 3.38. The first-order chi connectivity index (χ1) is 6.50. The lowest BCUT2D eigenvalue weighted by Gasteiger charge is -2.13. The lowest BCUT2D eigenvalue weighted by Crippen LogP contribution is -2.07. The maximum absolute atomic E-state index is 12.7. The van der Waals surface area contributed by atoms with E-state index in [1.807, 2.05) is 0 Å². The molecule has 0 aromatic heterocycles. The fourth-order valence-corrected chi connectivity index (χ4v) is 1.05. The molecular weight excluding hydrogens is 193 g/mol. The van der Waals surface area contributed by atoms with Gasteiger partial charge >= 0.3 is 0 Å². The second-order valence-corrected chi connectivity index (χ2v) is 3.15. The van der Waals surface area contributed by atoms with Crippen LogP contribution in [0.4, 0.5) is 13.2 Å². The highest BCUT2D eigenvalue weighted by Crippen LogP contribution is 2.30. The van der Waals surface area contributed by atoms with E-state index in [2.05, 4.69) is 0 Å². The molecule has 1 aromatic carbocycles. The minimum absolute atomic E-state index is 0.0383. The number of benzene rings is 1. The first-order valence-corrected chi connectivity index (χ1v) is 4.25. The Hall–Kier alpha value is -1.19. The topological polar surface area (TPSA) is 9.23 Å². The van der Waals surface area contributed by atoms with E-state index in [1.54, 1.807) is 13.8 Å². The molecule has 0 atom stereocenters. The summed E-state index contributed by atoms with van der Waals surface area (Å²) in [4.78, 5) is 0. The average molecular weight is 204 g/mol. The summed E-state index contributed by atoms with van der Waals surface area (Å²) in [6.45, 7) is 3.44. The van der Waals surface area contributed by atoms with Crippen LogP contribution in [0.1, 0.15) is 25.8 Å². The van der Waals surface area contributed by atoms with Gasteiger partial charge in [0.1, 0.15) is 11.6 Å². The first-order valence-electron chi connectivity index (χ1n) is 4.25. The zero-order valence-electron chi connectivity index (χ0n) is 7.93. The molecular formula is C10H11F3O. The van der Waals surface area contributed by atoms with Crippen molar-refractivity contribution >= 4 is 0 Å². The van der Waals surface area contributed by atoms with Crippen LogP contribution in [-0.4, -0.2) is 6.10 Å². The number of alkyl halides is 2. The molecule has 1 aromatic rings. The smallest absolute Gasteiger partial charge is 0.267 e. The molecule has 14 heavy (non-hydrogen) atoms. The van der Waals surface area contributed by atoms with Crippen LogP contribution in [0.25, 0.3) is 0 Å². The Labute approximate surface area is 80.5 Å². The monoisotopic (exact) mass is 204 g/mol. The molecule has 0 amide bonds. The molecule has 0 bridgehead atoms. The van der Waals surface area contributed by atoms with Gasteiger partial charge in [-0.05, 0) is 32.0 Å². The third kappa shape index (κ3) is 2.65. The highest BCUT2D eigenvalue weighted by molar-refractivity contribution is 5.35. The Morgan fingerprint density at radius 1 is 1.21 bits per heavy atom. The predicted octanol–water partition coefficient (Wildman–Crippen LogP) is 3.55. The zero-order valence-corrected chi connectivity index (χ0v) is 7.93. The van der Waals surface area contributed by atoms with Gasteiger partial charge in [0.15, 0.2) is 0 Å². The first kappa shape index (κ1) is 10.9. The third-order valence-electron chi connectivity index (χ3n) is 1.57. The molecule has 0 aliphatic heterocycles. The van der Waals surface area contributed by atoms with Gasteiger partial charge < -0.3 is 4.74 Å². The number of halogens is 3. The predicted molar refractivity (Wildman–Crippen MR) is 47.1 cm³/mol. The van der Waals surface area contributed by atoms with E-state index in [-0.39, 0.29) is 11.9 Å². The fraction of sp³-hybridized carbons (Fsp3) is 0.400. The summed E-state index contributed by atoms with van der Waals surface area (Å²) in [6.07, 6.45) is -2.93. The van der Waals surface area contributed by atoms with Gasteiger partial charge in [0.25, 0.3) is 6.43 Å². The zero-order chi connectivity index (χ0) is 10.7. The van der Waals surface area contributed by atoms with Gasteiger partial charge in [0.05, 0.1) is 11.7 Å². The highest BCUT2D eigenvalue weighted by Gasteiger charge is 2.15. The molecule has 0 aliphatic rings. The van der Waals surface area contributed by atoms with E-state index in [9.17, 15) is 13.2 Å². The van der Waals surface area contributed by atoms with Crippen molar-refractivity contribution in [1.29, 1.82) is 0 Å². The van der Waals surface area contributed by atoms with Gasteiger partial charge in [0.2, 0.25) is 0 Å². The van der Waals surface area contributed by atoms with Crippen molar-refractivity contribution in [2.24, 2.45) is 0 Å². The normalized spacial score (nSPS) is 11.1. The minimum Gasteiger partial charge on any atom is -0.491 e. The molecule has 0 aliphatic carbocycles. The number of hydrogen-bond donors (Lipinski definition) is 0. The van der Waals surface area contributed by atoms with Gasteiger partial charge in [-0.3, -0.25) is 0 Å². The largest absolute Gasteiger partial charge is 0.491 e. The summed E-state index contributed by atoms with van der Waals surface area (Å²) in [5, 5.41) is 0. The molecule has 0 saturated carbocycles. The van der Waals surface area contributed by atoms with E-state index in [0.717, 1.165) is 12.1 Å².